The van der Waals surface area contributed by atoms with E-state index in [-0.39, 0.29) is 0 Å². The summed E-state index contributed by atoms with van der Waals surface area (Å²) < 4.78 is 6.30. The molecule has 3 aromatic carbocycles. The van der Waals surface area contributed by atoms with E-state index in [9.17, 15) is 0 Å². The fourth-order valence-electron chi connectivity index (χ4n) is 4.05. The van der Waals surface area contributed by atoms with Gasteiger partial charge < -0.3 is 9.64 Å². The molecular formula is C24H22ClN3O. The molecule has 0 radical (unpaired) electrons. The van der Waals surface area contributed by atoms with E-state index in [0.29, 0.717) is 6.61 Å². The molecule has 5 rings (SSSR count). The largest absolute Gasteiger partial charge is 0.487 e. The van der Waals surface area contributed by atoms with E-state index < -0.39 is 0 Å². The van der Waals surface area contributed by atoms with Gasteiger partial charge in [0.15, 0.2) is 0 Å². The summed E-state index contributed by atoms with van der Waals surface area (Å²) in [4.78, 5) is 2.29. The Hall–Kier alpha value is -2.98. The lowest BCUT2D eigenvalue weighted by Crippen LogP contribution is -2.33. The molecule has 0 aliphatic carbocycles. The Kier molecular flexibility index (Phi) is 4.64. The number of benzene rings is 3. The van der Waals surface area contributed by atoms with E-state index in [2.05, 4.69) is 36.2 Å². The maximum absolute atomic E-state index is 6.40. The van der Waals surface area contributed by atoms with Crippen LogP contribution in [0.15, 0.2) is 83.1 Å². The molecule has 146 valence electrons. The van der Waals surface area contributed by atoms with Gasteiger partial charge in [0, 0.05) is 31.0 Å². The van der Waals surface area contributed by atoms with Crippen LogP contribution in [0.1, 0.15) is 6.42 Å². The first-order chi connectivity index (χ1) is 14.2. The fourth-order valence-corrected chi connectivity index (χ4v) is 4.28. The molecule has 0 fully saturated rings. The maximum Gasteiger partial charge on any atom is 0.128 e. The number of hydrogen-bond donors (Lipinski definition) is 0. The van der Waals surface area contributed by atoms with Gasteiger partial charge in [0.1, 0.15) is 12.4 Å². The van der Waals surface area contributed by atoms with E-state index in [4.69, 9.17) is 21.4 Å². The van der Waals surface area contributed by atoms with Crippen LogP contribution in [0.4, 0.5) is 5.69 Å². The predicted octanol–water partition coefficient (Wildman–Crippen LogP) is 5.34. The first-order valence-electron chi connectivity index (χ1n) is 9.84. The number of likely N-dealkylation sites (N-methyl/N-ethyl adjacent to an activating group) is 1. The van der Waals surface area contributed by atoms with Crippen molar-refractivity contribution in [3.8, 4) is 5.75 Å². The van der Waals surface area contributed by atoms with Crippen molar-refractivity contribution in [3.05, 3.63) is 83.0 Å². The highest BCUT2D eigenvalue weighted by Gasteiger charge is 2.30. The highest BCUT2D eigenvalue weighted by Crippen LogP contribution is 2.33. The molecule has 0 amide bonds. The van der Waals surface area contributed by atoms with Crippen LogP contribution in [0, 0.1) is 0 Å². The average molecular weight is 404 g/mol. The van der Waals surface area contributed by atoms with Crippen LogP contribution in [0.25, 0.3) is 10.8 Å². The van der Waals surface area contributed by atoms with Gasteiger partial charge in [0.25, 0.3) is 0 Å². The minimum atomic E-state index is 0.523. The number of anilines is 1. The lowest BCUT2D eigenvalue weighted by Gasteiger charge is -2.29. The molecule has 0 N–H and O–H groups in total. The summed E-state index contributed by atoms with van der Waals surface area (Å²) in [6, 6.07) is 22.4. The summed E-state index contributed by atoms with van der Waals surface area (Å²) >= 11 is 6.40. The van der Waals surface area contributed by atoms with Gasteiger partial charge in [-0.3, -0.25) is 5.01 Å². The Morgan fingerprint density at radius 1 is 1.00 bits per heavy atom. The quantitative estimate of drug-likeness (QED) is 0.588. The lowest BCUT2D eigenvalue weighted by molar-refractivity contribution is 0.291. The number of hydrogen-bond acceptors (Lipinski definition) is 4. The molecule has 0 bridgehead atoms. The van der Waals surface area contributed by atoms with Crippen molar-refractivity contribution in [1.29, 1.82) is 0 Å². The third-order valence-electron chi connectivity index (χ3n) is 5.64. The Balaban J connectivity index is 1.44. The predicted molar refractivity (Wildman–Crippen MR) is 120 cm³/mol. The topological polar surface area (TPSA) is 28.1 Å². The Labute approximate surface area is 175 Å². The molecule has 0 atom stereocenters. The van der Waals surface area contributed by atoms with E-state index >= 15 is 0 Å². The summed E-state index contributed by atoms with van der Waals surface area (Å²) in [6.07, 6.45) is 0.935. The van der Waals surface area contributed by atoms with Crippen molar-refractivity contribution in [3.63, 3.8) is 0 Å². The second kappa shape index (κ2) is 7.45. The molecule has 4 nitrogen and oxygen atoms in total. The normalized spacial score (nSPS) is 16.3. The van der Waals surface area contributed by atoms with Crippen LogP contribution in [-0.2, 0) is 0 Å². The van der Waals surface area contributed by atoms with Gasteiger partial charge in [0.2, 0.25) is 0 Å². The van der Waals surface area contributed by atoms with Crippen molar-refractivity contribution >= 4 is 33.8 Å². The summed E-state index contributed by atoms with van der Waals surface area (Å²) in [5.41, 5.74) is 4.52. The summed E-state index contributed by atoms with van der Waals surface area (Å²) in [6.45, 7) is 2.18. The van der Waals surface area contributed by atoms with Gasteiger partial charge in [-0.25, -0.2) is 0 Å². The molecular weight excluding hydrogens is 382 g/mol. The molecule has 2 heterocycles. The number of fused-ring (bicyclic) bond motifs is 2. The van der Waals surface area contributed by atoms with Crippen LogP contribution in [0.3, 0.4) is 0 Å². The van der Waals surface area contributed by atoms with Crippen molar-refractivity contribution in [2.75, 3.05) is 31.8 Å². The minimum Gasteiger partial charge on any atom is -0.487 e. The second-order valence-corrected chi connectivity index (χ2v) is 7.83. The lowest BCUT2D eigenvalue weighted by atomic mass is 10.0. The highest BCUT2D eigenvalue weighted by atomic mass is 35.5. The zero-order valence-corrected chi connectivity index (χ0v) is 17.1. The van der Waals surface area contributed by atoms with E-state index in [1.807, 2.05) is 47.5 Å². The van der Waals surface area contributed by atoms with Crippen LogP contribution in [0.5, 0.6) is 5.75 Å². The van der Waals surface area contributed by atoms with E-state index in [1.165, 1.54) is 16.7 Å². The van der Waals surface area contributed by atoms with E-state index in [0.717, 1.165) is 47.1 Å². The maximum atomic E-state index is 6.40. The Morgan fingerprint density at radius 3 is 2.69 bits per heavy atom. The SMILES string of the molecule is CN1CCC2=NN(c3ccccc3Cl)CC2=C1COc1cccc2ccccc12. The molecule has 5 heteroatoms. The number of halogens is 1. The van der Waals surface area contributed by atoms with Crippen molar-refractivity contribution in [1.82, 2.24) is 4.90 Å². The summed E-state index contributed by atoms with van der Waals surface area (Å²) in [5, 5.41) is 9.90. The monoisotopic (exact) mass is 403 g/mol. The molecule has 0 spiro atoms. The second-order valence-electron chi connectivity index (χ2n) is 7.42. The van der Waals surface area contributed by atoms with Gasteiger partial charge in [0.05, 0.1) is 28.7 Å². The molecule has 0 unspecified atom stereocenters. The first kappa shape index (κ1) is 18.1. The van der Waals surface area contributed by atoms with Crippen LogP contribution < -0.4 is 9.75 Å². The molecule has 2 aliphatic rings. The first-order valence-corrected chi connectivity index (χ1v) is 10.2. The van der Waals surface area contributed by atoms with Gasteiger partial charge >= 0.3 is 0 Å². The number of ether oxygens (including phenoxy) is 1. The standard InChI is InChI=1S/C24H22ClN3O/c1-27-14-13-21-19(15-28(26-21)22-11-5-4-10-20(22)25)23(27)16-29-24-12-6-8-17-7-2-3-9-18(17)24/h2-12H,13-16H2,1H3. The zero-order chi connectivity index (χ0) is 19.8. The average Bonchev–Trinajstić information content (AvgIpc) is 3.17. The van der Waals surface area contributed by atoms with Crippen LogP contribution in [0.2, 0.25) is 5.02 Å². The van der Waals surface area contributed by atoms with E-state index in [1.54, 1.807) is 0 Å². The number of rotatable bonds is 4. The molecule has 29 heavy (non-hydrogen) atoms. The van der Waals surface area contributed by atoms with Gasteiger partial charge in [-0.05, 0) is 23.6 Å². The molecule has 0 saturated carbocycles. The summed E-state index contributed by atoms with van der Waals surface area (Å²) in [7, 11) is 2.13. The molecule has 0 saturated heterocycles. The third-order valence-corrected chi connectivity index (χ3v) is 5.95. The fraction of sp³-hybridized carbons (Fsp3) is 0.208. The van der Waals surface area contributed by atoms with Crippen molar-refractivity contribution < 1.29 is 4.74 Å². The molecule has 0 aromatic heterocycles. The Bertz CT molecular complexity index is 1130. The third kappa shape index (κ3) is 3.34. The zero-order valence-electron chi connectivity index (χ0n) is 16.3. The van der Waals surface area contributed by atoms with Crippen molar-refractivity contribution in [2.45, 2.75) is 6.42 Å². The van der Waals surface area contributed by atoms with Crippen LogP contribution in [-0.4, -0.2) is 37.4 Å². The molecule has 3 aromatic rings. The number of hydrazone groups is 1. The smallest absolute Gasteiger partial charge is 0.128 e. The number of para-hydroxylation sites is 1. The highest BCUT2D eigenvalue weighted by molar-refractivity contribution is 6.33. The number of nitrogens with zero attached hydrogens (tertiary/aromatic N) is 3. The summed E-state index contributed by atoms with van der Waals surface area (Å²) in [5.74, 6) is 0.912. The van der Waals surface area contributed by atoms with Gasteiger partial charge in [-0.2, -0.15) is 5.10 Å². The van der Waals surface area contributed by atoms with Gasteiger partial charge in [-0.1, -0.05) is 60.1 Å². The van der Waals surface area contributed by atoms with Crippen LogP contribution >= 0.6 is 11.6 Å². The van der Waals surface area contributed by atoms with Crippen molar-refractivity contribution in [2.24, 2.45) is 5.10 Å². The van der Waals surface area contributed by atoms with Gasteiger partial charge in [-0.15, -0.1) is 0 Å². The minimum absolute atomic E-state index is 0.523. The Morgan fingerprint density at radius 2 is 1.79 bits per heavy atom. The molecule has 2 aliphatic heterocycles.